The van der Waals surface area contributed by atoms with Crippen molar-refractivity contribution < 1.29 is 19.1 Å². The van der Waals surface area contributed by atoms with E-state index in [4.69, 9.17) is 9.47 Å². The minimum Gasteiger partial charge on any atom is -0.454 e. The maximum absolute atomic E-state index is 11.7. The van der Waals surface area contributed by atoms with Crippen LogP contribution in [0.2, 0.25) is 0 Å². The lowest BCUT2D eigenvalue weighted by Crippen LogP contribution is -2.22. The number of esters is 1. The molecule has 1 heterocycles. The van der Waals surface area contributed by atoms with E-state index in [9.17, 15) is 9.59 Å². The van der Waals surface area contributed by atoms with Crippen molar-refractivity contribution in [1.82, 2.24) is 4.98 Å². The highest BCUT2D eigenvalue weighted by atomic mass is 32.1. The molecule has 0 saturated carbocycles. The molecule has 0 aliphatic rings. The molecule has 1 amide bonds. The second-order valence-electron chi connectivity index (χ2n) is 4.75. The number of aromatic nitrogens is 1. The van der Waals surface area contributed by atoms with Gasteiger partial charge in [-0.3, -0.25) is 10.1 Å². The van der Waals surface area contributed by atoms with Crippen LogP contribution in [0, 0.1) is 6.92 Å². The molecule has 1 aromatic carbocycles. The van der Waals surface area contributed by atoms with Gasteiger partial charge in [0.05, 0.1) is 5.69 Å². The fourth-order valence-corrected chi connectivity index (χ4v) is 2.45. The quantitative estimate of drug-likeness (QED) is 0.788. The monoisotopic (exact) mass is 334 g/mol. The highest BCUT2D eigenvalue weighted by Gasteiger charge is 2.10. The molecule has 0 aliphatic carbocycles. The molecule has 6 nitrogen and oxygen atoms in total. The van der Waals surface area contributed by atoms with Gasteiger partial charge < -0.3 is 9.47 Å². The van der Waals surface area contributed by atoms with E-state index in [0.717, 1.165) is 11.3 Å². The summed E-state index contributed by atoms with van der Waals surface area (Å²) in [7, 11) is 0. The average molecular weight is 334 g/mol. The zero-order valence-electron chi connectivity index (χ0n) is 13.0. The zero-order chi connectivity index (χ0) is 16.7. The molecule has 0 bridgehead atoms. The van der Waals surface area contributed by atoms with Gasteiger partial charge in [-0.25, -0.2) is 9.78 Å². The summed E-state index contributed by atoms with van der Waals surface area (Å²) in [6, 6.07) is 7.96. The van der Waals surface area contributed by atoms with Crippen LogP contribution in [0.4, 0.5) is 5.13 Å². The molecule has 1 N–H and O–H groups in total. The van der Waals surface area contributed by atoms with E-state index >= 15 is 0 Å². The Morgan fingerprint density at radius 3 is 2.65 bits per heavy atom. The molecule has 2 aromatic rings. The Balaban J connectivity index is 1.85. The van der Waals surface area contributed by atoms with Crippen molar-refractivity contribution in [1.29, 1.82) is 0 Å². The maximum Gasteiger partial charge on any atom is 0.332 e. The van der Waals surface area contributed by atoms with Crippen molar-refractivity contribution >= 4 is 28.3 Å². The fourth-order valence-electron chi connectivity index (χ4n) is 1.72. The predicted octanol–water partition coefficient (Wildman–Crippen LogP) is 2.64. The first-order valence-electron chi connectivity index (χ1n) is 7.14. The van der Waals surface area contributed by atoms with E-state index in [0.29, 0.717) is 11.7 Å². The lowest BCUT2D eigenvalue weighted by Gasteiger charge is -2.04. The van der Waals surface area contributed by atoms with E-state index in [-0.39, 0.29) is 13.2 Å². The molecule has 23 heavy (non-hydrogen) atoms. The molecular weight excluding hydrogens is 316 g/mol. The van der Waals surface area contributed by atoms with Crippen LogP contribution in [0.5, 0.6) is 0 Å². The number of ether oxygens (including phenoxy) is 2. The number of carbonyl (C=O) groups is 2. The summed E-state index contributed by atoms with van der Waals surface area (Å²) in [6.07, 6.45) is 0. The van der Waals surface area contributed by atoms with Gasteiger partial charge in [-0.05, 0) is 13.8 Å². The van der Waals surface area contributed by atoms with Crippen molar-refractivity contribution in [2.75, 3.05) is 25.1 Å². The molecular formula is C16H18N2O4S. The van der Waals surface area contributed by atoms with Gasteiger partial charge in [0.25, 0.3) is 5.91 Å². The summed E-state index contributed by atoms with van der Waals surface area (Å²) in [6.45, 7) is 3.70. The van der Waals surface area contributed by atoms with Crippen molar-refractivity contribution in [3.8, 4) is 11.3 Å². The van der Waals surface area contributed by atoms with Crippen LogP contribution >= 0.6 is 11.3 Å². The second kappa shape index (κ2) is 8.40. The van der Waals surface area contributed by atoms with E-state index in [2.05, 4.69) is 10.3 Å². The number of aryl methyl sites for hydroxylation is 1. The molecule has 2 rings (SSSR count). The highest BCUT2D eigenvalue weighted by Crippen LogP contribution is 2.24. The summed E-state index contributed by atoms with van der Waals surface area (Å²) >= 11 is 1.32. The standard InChI is InChI=1S/C16H18N2O4S/c1-3-21-9-15(20)22-8-14(19)18-16-17-13(10-23-16)12-6-4-11(2)5-7-12/h4-7,10H,3,8-9H2,1-2H3,(H,17,18,19). The molecule has 0 unspecified atom stereocenters. The Labute approximate surface area is 138 Å². The summed E-state index contributed by atoms with van der Waals surface area (Å²) in [5.74, 6) is -0.999. The first-order valence-corrected chi connectivity index (χ1v) is 8.02. The van der Waals surface area contributed by atoms with Crippen LogP contribution < -0.4 is 5.32 Å². The van der Waals surface area contributed by atoms with Crippen LogP contribution in [-0.2, 0) is 19.1 Å². The van der Waals surface area contributed by atoms with E-state index in [1.807, 2.05) is 36.6 Å². The third-order valence-corrected chi connectivity index (χ3v) is 3.64. The lowest BCUT2D eigenvalue weighted by atomic mass is 10.1. The Morgan fingerprint density at radius 2 is 1.96 bits per heavy atom. The third-order valence-electron chi connectivity index (χ3n) is 2.89. The number of hydrogen-bond donors (Lipinski definition) is 1. The van der Waals surface area contributed by atoms with E-state index in [1.165, 1.54) is 16.9 Å². The van der Waals surface area contributed by atoms with Crippen molar-refractivity contribution in [3.63, 3.8) is 0 Å². The van der Waals surface area contributed by atoms with Gasteiger partial charge in [-0.15, -0.1) is 11.3 Å². The Morgan fingerprint density at radius 1 is 1.22 bits per heavy atom. The number of amides is 1. The van der Waals surface area contributed by atoms with Gasteiger partial charge in [0.1, 0.15) is 6.61 Å². The summed E-state index contributed by atoms with van der Waals surface area (Å²) < 4.78 is 9.67. The highest BCUT2D eigenvalue weighted by molar-refractivity contribution is 7.14. The zero-order valence-corrected chi connectivity index (χ0v) is 13.8. The average Bonchev–Trinajstić information content (AvgIpc) is 3.00. The first-order chi connectivity index (χ1) is 11.1. The number of carbonyl (C=O) groups excluding carboxylic acids is 2. The Bertz CT molecular complexity index is 667. The topological polar surface area (TPSA) is 77.5 Å². The number of anilines is 1. The van der Waals surface area contributed by atoms with Crippen LogP contribution in [0.15, 0.2) is 29.6 Å². The largest absolute Gasteiger partial charge is 0.454 e. The number of hydrogen-bond acceptors (Lipinski definition) is 6. The number of rotatable bonds is 7. The van der Waals surface area contributed by atoms with Crippen LogP contribution in [-0.4, -0.2) is 36.7 Å². The van der Waals surface area contributed by atoms with E-state index < -0.39 is 11.9 Å². The molecule has 0 radical (unpaired) electrons. The van der Waals surface area contributed by atoms with Crippen molar-refractivity contribution in [3.05, 3.63) is 35.2 Å². The van der Waals surface area contributed by atoms with Gasteiger partial charge in [-0.1, -0.05) is 29.8 Å². The van der Waals surface area contributed by atoms with Gasteiger partial charge >= 0.3 is 5.97 Å². The molecule has 0 fully saturated rings. The normalized spacial score (nSPS) is 10.3. The molecule has 0 aliphatic heterocycles. The van der Waals surface area contributed by atoms with E-state index in [1.54, 1.807) is 6.92 Å². The summed E-state index contributed by atoms with van der Waals surface area (Å²) in [4.78, 5) is 27.3. The molecule has 0 saturated heterocycles. The predicted molar refractivity (Wildman–Crippen MR) is 88.4 cm³/mol. The fraction of sp³-hybridized carbons (Fsp3) is 0.312. The molecule has 122 valence electrons. The number of nitrogens with zero attached hydrogens (tertiary/aromatic N) is 1. The van der Waals surface area contributed by atoms with Crippen molar-refractivity contribution in [2.45, 2.75) is 13.8 Å². The number of thiazole rings is 1. The van der Waals surface area contributed by atoms with Gasteiger partial charge in [0.2, 0.25) is 0 Å². The summed E-state index contributed by atoms with van der Waals surface area (Å²) in [5, 5.41) is 4.93. The second-order valence-corrected chi connectivity index (χ2v) is 5.61. The van der Waals surface area contributed by atoms with Gasteiger partial charge in [0, 0.05) is 17.6 Å². The minimum absolute atomic E-state index is 0.154. The third kappa shape index (κ3) is 5.46. The molecule has 7 heteroatoms. The summed E-state index contributed by atoms with van der Waals surface area (Å²) in [5.41, 5.74) is 2.94. The molecule has 0 spiro atoms. The minimum atomic E-state index is -0.568. The SMILES string of the molecule is CCOCC(=O)OCC(=O)Nc1nc(-c2ccc(C)cc2)cs1. The molecule has 1 aromatic heterocycles. The Hall–Kier alpha value is -2.25. The maximum atomic E-state index is 11.7. The van der Waals surface area contributed by atoms with Crippen LogP contribution in [0.1, 0.15) is 12.5 Å². The van der Waals surface area contributed by atoms with Crippen LogP contribution in [0.25, 0.3) is 11.3 Å². The first kappa shape index (κ1) is 17.1. The molecule has 0 atom stereocenters. The number of nitrogens with one attached hydrogen (secondary N) is 1. The van der Waals surface area contributed by atoms with Gasteiger partial charge in [0.15, 0.2) is 11.7 Å². The van der Waals surface area contributed by atoms with Gasteiger partial charge in [-0.2, -0.15) is 0 Å². The van der Waals surface area contributed by atoms with Crippen LogP contribution in [0.3, 0.4) is 0 Å². The number of benzene rings is 1. The van der Waals surface area contributed by atoms with Crippen molar-refractivity contribution in [2.24, 2.45) is 0 Å². The lowest BCUT2D eigenvalue weighted by molar-refractivity contribution is -0.151. The smallest absolute Gasteiger partial charge is 0.332 e. The Kier molecular flexibility index (Phi) is 6.25.